The molecule has 2 N–H and O–H groups in total. The molecule has 1 atom stereocenters. The van der Waals surface area contributed by atoms with E-state index in [1.54, 1.807) is 0 Å². The van der Waals surface area contributed by atoms with Crippen LogP contribution in [0.1, 0.15) is 38.8 Å². The zero-order valence-corrected chi connectivity index (χ0v) is 11.7. The fourth-order valence-corrected chi connectivity index (χ4v) is 2.59. The zero-order valence-electron chi connectivity index (χ0n) is 11.7. The molecule has 1 unspecified atom stereocenters. The van der Waals surface area contributed by atoms with Crippen molar-refractivity contribution < 1.29 is 13.2 Å². The van der Waals surface area contributed by atoms with Crippen molar-refractivity contribution in [2.75, 3.05) is 5.73 Å². The van der Waals surface area contributed by atoms with Gasteiger partial charge in [-0.25, -0.2) is 4.98 Å². The highest BCUT2D eigenvalue weighted by molar-refractivity contribution is 5.79. The van der Waals surface area contributed by atoms with Crippen LogP contribution in [0.15, 0.2) is 18.2 Å². The highest BCUT2D eigenvalue weighted by atomic mass is 19.4. The van der Waals surface area contributed by atoms with E-state index in [0.29, 0.717) is 11.4 Å². The van der Waals surface area contributed by atoms with Gasteiger partial charge in [0, 0.05) is 6.04 Å². The molecule has 1 aromatic heterocycles. The van der Waals surface area contributed by atoms with Crippen LogP contribution in [0.4, 0.5) is 19.1 Å². The summed E-state index contributed by atoms with van der Waals surface area (Å²) in [6.07, 6.45) is -3.52. The van der Waals surface area contributed by atoms with Crippen molar-refractivity contribution in [1.82, 2.24) is 9.55 Å². The fourth-order valence-electron chi connectivity index (χ4n) is 2.59. The lowest BCUT2D eigenvalue weighted by Gasteiger charge is -2.22. The van der Waals surface area contributed by atoms with E-state index in [-0.39, 0.29) is 17.5 Å². The van der Waals surface area contributed by atoms with Crippen LogP contribution in [-0.4, -0.2) is 9.55 Å². The normalized spacial score (nSPS) is 14.2. The van der Waals surface area contributed by atoms with Crippen LogP contribution in [-0.2, 0) is 6.18 Å². The van der Waals surface area contributed by atoms with E-state index in [0.717, 1.165) is 18.6 Å². The first-order valence-corrected chi connectivity index (χ1v) is 6.60. The number of nitrogens with two attached hydrogens (primary N) is 1. The Hall–Kier alpha value is -1.72. The number of benzene rings is 1. The largest absolute Gasteiger partial charge is 0.416 e. The number of hydrogen-bond donors (Lipinski definition) is 1. The highest BCUT2D eigenvalue weighted by Gasteiger charge is 2.31. The Kier molecular flexibility index (Phi) is 3.67. The maximum atomic E-state index is 12.7. The first-order chi connectivity index (χ1) is 9.25. The second-order valence-electron chi connectivity index (χ2n) is 5.26. The Balaban J connectivity index is 2.61. The van der Waals surface area contributed by atoms with Crippen molar-refractivity contribution in [2.45, 2.75) is 39.4 Å². The minimum Gasteiger partial charge on any atom is -0.369 e. The summed E-state index contributed by atoms with van der Waals surface area (Å²) >= 11 is 0. The fraction of sp³-hybridized carbons (Fsp3) is 0.500. The summed E-state index contributed by atoms with van der Waals surface area (Å²) in [6, 6.07) is 3.70. The SMILES string of the molecule is CCC(C(C)C)n1c(N)nc2cc(C(F)(F)F)ccc21. The van der Waals surface area contributed by atoms with Gasteiger partial charge in [-0.2, -0.15) is 13.2 Å². The van der Waals surface area contributed by atoms with Crippen molar-refractivity contribution in [3.63, 3.8) is 0 Å². The topological polar surface area (TPSA) is 43.8 Å². The van der Waals surface area contributed by atoms with E-state index >= 15 is 0 Å². The van der Waals surface area contributed by atoms with Crippen LogP contribution >= 0.6 is 0 Å². The molecule has 0 radical (unpaired) electrons. The Bertz CT molecular complexity index is 614. The van der Waals surface area contributed by atoms with Crippen LogP contribution in [0.3, 0.4) is 0 Å². The van der Waals surface area contributed by atoms with Gasteiger partial charge in [0.25, 0.3) is 0 Å². The predicted octanol–water partition coefficient (Wildman–Crippen LogP) is 4.24. The monoisotopic (exact) mass is 285 g/mol. The summed E-state index contributed by atoms with van der Waals surface area (Å²) in [6.45, 7) is 6.15. The van der Waals surface area contributed by atoms with Crippen molar-refractivity contribution in [3.05, 3.63) is 23.8 Å². The first kappa shape index (κ1) is 14.7. The molecule has 0 spiro atoms. The molecular formula is C14H18F3N3. The number of rotatable bonds is 3. The van der Waals surface area contributed by atoms with Gasteiger partial charge in [-0.3, -0.25) is 0 Å². The van der Waals surface area contributed by atoms with E-state index in [9.17, 15) is 13.2 Å². The van der Waals surface area contributed by atoms with Gasteiger partial charge in [0.2, 0.25) is 5.95 Å². The molecule has 0 saturated carbocycles. The second-order valence-corrected chi connectivity index (χ2v) is 5.26. The standard InChI is InChI=1S/C14H18F3N3/c1-4-11(8(2)3)20-12-6-5-9(14(15,16)17)7-10(12)19-13(20)18/h5-8,11H,4H2,1-3H3,(H2,18,19). The Morgan fingerprint density at radius 1 is 1.30 bits per heavy atom. The predicted molar refractivity (Wildman–Crippen MR) is 73.3 cm³/mol. The molecule has 20 heavy (non-hydrogen) atoms. The molecule has 0 amide bonds. The molecule has 6 heteroatoms. The number of fused-ring (bicyclic) bond motifs is 1. The van der Waals surface area contributed by atoms with E-state index in [4.69, 9.17) is 5.73 Å². The molecule has 1 heterocycles. The maximum absolute atomic E-state index is 12.7. The van der Waals surface area contributed by atoms with Crippen molar-refractivity contribution in [3.8, 4) is 0 Å². The molecule has 0 bridgehead atoms. The average molecular weight is 285 g/mol. The first-order valence-electron chi connectivity index (χ1n) is 6.60. The Morgan fingerprint density at radius 2 is 1.95 bits per heavy atom. The van der Waals surface area contributed by atoms with Crippen LogP contribution < -0.4 is 5.73 Å². The van der Waals surface area contributed by atoms with Gasteiger partial charge < -0.3 is 10.3 Å². The van der Waals surface area contributed by atoms with Crippen molar-refractivity contribution in [2.24, 2.45) is 5.92 Å². The number of alkyl halides is 3. The van der Waals surface area contributed by atoms with Gasteiger partial charge in [-0.05, 0) is 30.5 Å². The molecule has 2 rings (SSSR count). The molecule has 110 valence electrons. The minimum atomic E-state index is -4.37. The van der Waals surface area contributed by atoms with Gasteiger partial charge in [0.15, 0.2) is 0 Å². The number of hydrogen-bond acceptors (Lipinski definition) is 2. The Morgan fingerprint density at radius 3 is 2.45 bits per heavy atom. The molecule has 2 aromatic rings. The molecule has 0 aliphatic carbocycles. The smallest absolute Gasteiger partial charge is 0.369 e. The average Bonchev–Trinajstić information content (AvgIpc) is 2.65. The van der Waals surface area contributed by atoms with Crippen LogP contribution in [0, 0.1) is 5.92 Å². The number of nitrogen functional groups attached to an aromatic ring is 1. The maximum Gasteiger partial charge on any atom is 0.416 e. The van der Waals surface area contributed by atoms with Gasteiger partial charge in [-0.15, -0.1) is 0 Å². The van der Waals surface area contributed by atoms with Crippen molar-refractivity contribution >= 4 is 17.0 Å². The summed E-state index contributed by atoms with van der Waals surface area (Å²) in [5, 5.41) is 0. The van der Waals surface area contributed by atoms with E-state index < -0.39 is 11.7 Å². The molecule has 0 aliphatic heterocycles. The molecule has 0 fully saturated rings. The third-order valence-electron chi connectivity index (χ3n) is 3.56. The molecule has 0 saturated heterocycles. The number of imidazole rings is 1. The van der Waals surface area contributed by atoms with Crippen LogP contribution in [0.2, 0.25) is 0 Å². The number of aromatic nitrogens is 2. The molecule has 0 aliphatic rings. The third kappa shape index (κ3) is 2.46. The lowest BCUT2D eigenvalue weighted by atomic mass is 10.0. The number of halogens is 3. The summed E-state index contributed by atoms with van der Waals surface area (Å²) in [5.41, 5.74) is 6.13. The Labute approximate surface area is 115 Å². The highest BCUT2D eigenvalue weighted by Crippen LogP contribution is 2.34. The molecular weight excluding hydrogens is 267 g/mol. The zero-order chi connectivity index (χ0) is 15.1. The summed E-state index contributed by atoms with van der Waals surface area (Å²) in [7, 11) is 0. The molecule has 3 nitrogen and oxygen atoms in total. The van der Waals surface area contributed by atoms with Gasteiger partial charge in [0.05, 0.1) is 16.6 Å². The van der Waals surface area contributed by atoms with Crippen molar-refractivity contribution in [1.29, 1.82) is 0 Å². The lowest BCUT2D eigenvalue weighted by Crippen LogP contribution is -2.16. The summed E-state index contributed by atoms with van der Waals surface area (Å²) in [5.74, 6) is 0.585. The van der Waals surface area contributed by atoms with E-state index in [1.807, 2.05) is 11.5 Å². The van der Waals surface area contributed by atoms with Crippen LogP contribution in [0.25, 0.3) is 11.0 Å². The van der Waals surface area contributed by atoms with E-state index in [1.165, 1.54) is 6.07 Å². The van der Waals surface area contributed by atoms with Gasteiger partial charge in [0.1, 0.15) is 0 Å². The quantitative estimate of drug-likeness (QED) is 0.916. The molecule has 1 aromatic carbocycles. The third-order valence-corrected chi connectivity index (χ3v) is 3.56. The second kappa shape index (κ2) is 5.00. The van der Waals surface area contributed by atoms with Gasteiger partial charge in [-0.1, -0.05) is 20.8 Å². The summed E-state index contributed by atoms with van der Waals surface area (Å²) in [4.78, 5) is 4.08. The van der Waals surface area contributed by atoms with E-state index in [2.05, 4.69) is 18.8 Å². The minimum absolute atomic E-state index is 0.122. The number of anilines is 1. The van der Waals surface area contributed by atoms with Crippen LogP contribution in [0.5, 0.6) is 0 Å². The lowest BCUT2D eigenvalue weighted by molar-refractivity contribution is -0.137. The number of nitrogens with zero attached hydrogens (tertiary/aromatic N) is 2. The van der Waals surface area contributed by atoms with Gasteiger partial charge >= 0.3 is 6.18 Å². The summed E-state index contributed by atoms with van der Waals surface area (Å²) < 4.78 is 40.0.